The van der Waals surface area contributed by atoms with Crippen LogP contribution in [0.2, 0.25) is 0 Å². The van der Waals surface area contributed by atoms with Gasteiger partial charge in [0.25, 0.3) is 0 Å². The normalized spacial score (nSPS) is 11.1. The summed E-state index contributed by atoms with van der Waals surface area (Å²) in [5.74, 6) is 0. The molecule has 0 atom stereocenters. The molecule has 0 spiro atoms. The predicted molar refractivity (Wildman–Crippen MR) is 37.8 cm³/mol. The van der Waals surface area contributed by atoms with Crippen molar-refractivity contribution in [3.63, 3.8) is 0 Å². The summed E-state index contributed by atoms with van der Waals surface area (Å²) >= 11 is 0. The van der Waals surface area contributed by atoms with Gasteiger partial charge >= 0.3 is 0 Å². The van der Waals surface area contributed by atoms with Crippen LogP contribution >= 0.6 is 0 Å². The van der Waals surface area contributed by atoms with E-state index in [-0.39, 0.29) is 0 Å². The van der Waals surface area contributed by atoms with Gasteiger partial charge in [0, 0.05) is 18.3 Å². The number of hydrogen-bond acceptors (Lipinski definition) is 2. The first-order valence-electron chi connectivity index (χ1n) is 2.96. The Morgan fingerprint density at radius 2 is 2.44 bits per heavy atom. The molecule has 0 unspecified atom stereocenters. The van der Waals surface area contributed by atoms with Crippen LogP contribution in [-0.2, 0) is 4.79 Å². The van der Waals surface area contributed by atoms with Gasteiger partial charge in [-0.15, -0.1) is 0 Å². The van der Waals surface area contributed by atoms with Crippen molar-refractivity contribution in [3.05, 3.63) is 18.7 Å². The molecule has 0 rings (SSSR count). The van der Waals surface area contributed by atoms with Gasteiger partial charge in [-0.25, -0.2) is 0 Å². The molecule has 0 saturated heterocycles. The van der Waals surface area contributed by atoms with Crippen LogP contribution in [0.25, 0.3) is 0 Å². The van der Waals surface area contributed by atoms with Crippen molar-refractivity contribution >= 4 is 6.29 Å². The van der Waals surface area contributed by atoms with Crippen molar-refractivity contribution in [2.75, 3.05) is 6.54 Å². The average Bonchev–Trinajstić information content (AvgIpc) is 1.89. The van der Waals surface area contributed by atoms with E-state index in [0.717, 1.165) is 19.3 Å². The molecule has 2 heteroatoms. The van der Waals surface area contributed by atoms with Crippen molar-refractivity contribution in [1.29, 1.82) is 0 Å². The van der Waals surface area contributed by atoms with E-state index in [2.05, 4.69) is 12.2 Å². The molecular formula is C7H12NO. The summed E-state index contributed by atoms with van der Waals surface area (Å²) in [7, 11) is 0. The van der Waals surface area contributed by atoms with Gasteiger partial charge < -0.3 is 5.32 Å². The van der Waals surface area contributed by atoms with Gasteiger partial charge in [0.05, 0.1) is 0 Å². The van der Waals surface area contributed by atoms with Crippen LogP contribution in [0.1, 0.15) is 13.3 Å². The Balaban J connectivity index is 3.31. The van der Waals surface area contributed by atoms with Crippen molar-refractivity contribution in [3.8, 4) is 0 Å². The Hall–Kier alpha value is -0.790. The molecule has 0 amide bonds. The van der Waals surface area contributed by atoms with Crippen LogP contribution in [0.3, 0.4) is 0 Å². The summed E-state index contributed by atoms with van der Waals surface area (Å²) in [5.41, 5.74) is 0.712. The molecule has 51 valence electrons. The first kappa shape index (κ1) is 8.21. The Bertz CT molecular complexity index is 107. The predicted octanol–water partition coefficient (Wildman–Crippen LogP) is 0.903. The van der Waals surface area contributed by atoms with Crippen LogP contribution in [-0.4, -0.2) is 12.8 Å². The zero-order valence-corrected chi connectivity index (χ0v) is 5.68. The van der Waals surface area contributed by atoms with Gasteiger partial charge in [0.15, 0.2) is 0 Å². The molecule has 0 saturated carbocycles. The minimum absolute atomic E-state index is 0.712. The number of allylic oxidation sites excluding steroid dienone is 1. The molecule has 0 heterocycles. The van der Waals surface area contributed by atoms with Gasteiger partial charge in [-0.3, -0.25) is 4.79 Å². The maximum Gasteiger partial charge on any atom is 0.147 e. The number of nitrogens with one attached hydrogen (secondary N) is 1. The summed E-state index contributed by atoms with van der Waals surface area (Å²) < 4.78 is 0. The lowest BCUT2D eigenvalue weighted by Gasteiger charge is -1.94. The fourth-order valence-corrected chi connectivity index (χ4v) is 0.369. The topological polar surface area (TPSA) is 29.1 Å². The van der Waals surface area contributed by atoms with E-state index < -0.39 is 0 Å². The third-order valence-corrected chi connectivity index (χ3v) is 0.837. The number of aldehydes is 1. The zero-order valence-electron chi connectivity index (χ0n) is 5.68. The van der Waals surface area contributed by atoms with Crippen LogP contribution in [0.15, 0.2) is 11.8 Å². The highest BCUT2D eigenvalue weighted by atomic mass is 16.1. The zero-order chi connectivity index (χ0) is 7.11. The molecule has 0 aliphatic rings. The Morgan fingerprint density at radius 1 is 1.78 bits per heavy atom. The fraction of sp³-hybridized carbons (Fsp3) is 0.429. The van der Waals surface area contributed by atoms with E-state index in [1.54, 1.807) is 13.1 Å². The van der Waals surface area contributed by atoms with Crippen LogP contribution in [0.4, 0.5) is 0 Å². The van der Waals surface area contributed by atoms with Crippen LogP contribution < -0.4 is 5.32 Å². The summed E-state index contributed by atoms with van der Waals surface area (Å²) in [4.78, 5) is 9.98. The number of rotatable bonds is 4. The first-order chi connectivity index (χ1) is 4.31. The summed E-state index contributed by atoms with van der Waals surface area (Å²) in [6.07, 6.45) is 3.34. The van der Waals surface area contributed by atoms with Gasteiger partial charge in [-0.1, -0.05) is 6.92 Å². The third-order valence-electron chi connectivity index (χ3n) is 0.837. The average molecular weight is 126 g/mol. The second kappa shape index (κ2) is 5.35. The Labute approximate surface area is 56.0 Å². The third kappa shape index (κ3) is 5.07. The molecule has 0 aliphatic carbocycles. The van der Waals surface area contributed by atoms with Crippen molar-refractivity contribution in [2.45, 2.75) is 13.3 Å². The Morgan fingerprint density at radius 3 is 2.89 bits per heavy atom. The van der Waals surface area contributed by atoms with Crippen molar-refractivity contribution < 1.29 is 4.79 Å². The summed E-state index contributed by atoms with van der Waals surface area (Å²) in [6.45, 7) is 6.21. The van der Waals surface area contributed by atoms with Gasteiger partial charge in [-0.2, -0.15) is 0 Å². The fourth-order valence-electron chi connectivity index (χ4n) is 0.369. The molecular weight excluding hydrogens is 114 g/mol. The van der Waals surface area contributed by atoms with Crippen molar-refractivity contribution in [1.82, 2.24) is 5.32 Å². The number of carbonyl (C=O) groups excluding carboxylic acids is 1. The smallest absolute Gasteiger partial charge is 0.147 e. The second-order valence-electron chi connectivity index (χ2n) is 1.81. The standard InChI is InChI=1S/C7H12NO/c1-3-4-8-5-7(2)6-9/h5-6,8H,1,3-4H2,2H3. The van der Waals surface area contributed by atoms with Crippen LogP contribution in [0.5, 0.6) is 0 Å². The molecule has 0 bridgehead atoms. The minimum atomic E-state index is 0.712. The molecule has 2 nitrogen and oxygen atoms in total. The highest BCUT2D eigenvalue weighted by Gasteiger charge is 1.80. The molecule has 0 aromatic heterocycles. The maximum absolute atomic E-state index is 9.98. The number of carbonyl (C=O) groups is 1. The lowest BCUT2D eigenvalue weighted by atomic mass is 10.4. The minimum Gasteiger partial charge on any atom is -0.391 e. The highest BCUT2D eigenvalue weighted by molar-refractivity contribution is 5.71. The molecule has 0 aliphatic heterocycles. The second-order valence-corrected chi connectivity index (χ2v) is 1.81. The molecule has 0 aromatic rings. The maximum atomic E-state index is 9.98. The first-order valence-corrected chi connectivity index (χ1v) is 2.96. The monoisotopic (exact) mass is 126 g/mol. The largest absolute Gasteiger partial charge is 0.391 e. The van der Waals surface area contributed by atoms with E-state index >= 15 is 0 Å². The van der Waals surface area contributed by atoms with E-state index in [1.807, 2.05) is 0 Å². The summed E-state index contributed by atoms with van der Waals surface area (Å²) in [6, 6.07) is 0. The molecule has 0 aromatic carbocycles. The quantitative estimate of drug-likeness (QED) is 0.344. The molecule has 1 radical (unpaired) electrons. The van der Waals surface area contributed by atoms with Gasteiger partial charge in [0.2, 0.25) is 0 Å². The van der Waals surface area contributed by atoms with Gasteiger partial charge in [-0.05, 0) is 13.3 Å². The van der Waals surface area contributed by atoms with E-state index in [9.17, 15) is 4.79 Å². The Kier molecular flexibility index (Phi) is 4.88. The van der Waals surface area contributed by atoms with Crippen molar-refractivity contribution in [2.24, 2.45) is 0 Å². The summed E-state index contributed by atoms with van der Waals surface area (Å²) in [5, 5.41) is 2.93. The lowest BCUT2D eigenvalue weighted by molar-refractivity contribution is -0.104. The molecule has 0 fully saturated rings. The van der Waals surface area contributed by atoms with Gasteiger partial charge in [0.1, 0.15) is 6.29 Å². The van der Waals surface area contributed by atoms with E-state index in [0.29, 0.717) is 5.57 Å². The molecule has 9 heavy (non-hydrogen) atoms. The lowest BCUT2D eigenvalue weighted by Crippen LogP contribution is -2.06. The van der Waals surface area contributed by atoms with Crippen LogP contribution in [0, 0.1) is 6.92 Å². The highest BCUT2D eigenvalue weighted by Crippen LogP contribution is 1.81. The van der Waals surface area contributed by atoms with E-state index in [4.69, 9.17) is 0 Å². The molecule has 1 N–H and O–H groups in total. The SMILES string of the molecule is [CH2]CCNC=C(C)C=O. The number of hydrogen-bond donors (Lipinski definition) is 1. The van der Waals surface area contributed by atoms with E-state index in [1.165, 1.54) is 0 Å².